The van der Waals surface area contributed by atoms with E-state index >= 15 is 0 Å². The number of aromatic nitrogens is 2. The Hall–Kier alpha value is -3.17. The van der Waals surface area contributed by atoms with Gasteiger partial charge in [-0.15, -0.1) is 0 Å². The lowest BCUT2D eigenvalue weighted by molar-refractivity contribution is -0.165. The smallest absolute Gasteiger partial charge is 0.263 e. The van der Waals surface area contributed by atoms with Crippen LogP contribution in [0.3, 0.4) is 0 Å². The maximum Gasteiger partial charge on any atom is 0.263 e. The summed E-state index contributed by atoms with van der Waals surface area (Å²) < 4.78 is 40.9. The molecule has 1 aliphatic carbocycles. The average molecular weight is 495 g/mol. The number of ether oxygens (including phenoxy) is 2. The molecule has 5 heterocycles. The molecule has 7 rings (SSSR count). The normalized spacial score (nSPS) is 24.9. The molecule has 36 heavy (non-hydrogen) atoms. The molecule has 188 valence electrons. The number of nitrogens with one attached hydrogen (secondary N) is 2. The lowest BCUT2D eigenvalue weighted by atomic mass is 9.69. The summed E-state index contributed by atoms with van der Waals surface area (Å²) in [4.78, 5) is 20.1. The molecule has 7 nitrogen and oxygen atoms in total. The van der Waals surface area contributed by atoms with E-state index in [9.17, 15) is 13.6 Å². The summed E-state index contributed by atoms with van der Waals surface area (Å²) in [7, 11) is 0. The number of pyridine rings is 2. The number of fused-ring (bicyclic) bond motifs is 5. The molecule has 2 N–H and O–H groups in total. The van der Waals surface area contributed by atoms with Gasteiger partial charge in [-0.2, -0.15) is 0 Å². The number of anilines is 1. The molecule has 1 saturated carbocycles. The molecule has 9 heteroatoms. The molecule has 3 aromatic rings. The number of carbonyl (C=O) groups is 1. The summed E-state index contributed by atoms with van der Waals surface area (Å²) in [6.45, 7) is 2.94. The molecule has 0 unspecified atom stereocenters. The number of nitrogens with zero attached hydrogens (tertiary/aromatic N) is 2. The van der Waals surface area contributed by atoms with E-state index in [0.29, 0.717) is 48.5 Å². The summed E-state index contributed by atoms with van der Waals surface area (Å²) >= 11 is 0. The Morgan fingerprint density at radius 2 is 1.97 bits per heavy atom. The van der Waals surface area contributed by atoms with Crippen LogP contribution in [-0.2, 0) is 22.5 Å². The van der Waals surface area contributed by atoms with Crippen LogP contribution >= 0.6 is 0 Å². The van der Waals surface area contributed by atoms with Crippen LogP contribution in [0, 0.1) is 18.6 Å². The zero-order valence-electron chi connectivity index (χ0n) is 20.1. The second-order valence-corrected chi connectivity index (χ2v) is 10.3. The summed E-state index contributed by atoms with van der Waals surface area (Å²) in [5, 5.41) is 6.93. The third-order valence-electron chi connectivity index (χ3n) is 7.91. The van der Waals surface area contributed by atoms with E-state index in [1.807, 2.05) is 18.2 Å². The lowest BCUT2D eigenvalue weighted by Crippen LogP contribution is -2.61. The number of hydrogen-bond donors (Lipinski definition) is 2. The number of halogens is 2. The molecule has 4 aliphatic rings. The van der Waals surface area contributed by atoms with Crippen molar-refractivity contribution in [1.29, 1.82) is 0 Å². The van der Waals surface area contributed by atoms with Crippen molar-refractivity contribution in [3.63, 3.8) is 0 Å². The summed E-state index contributed by atoms with van der Waals surface area (Å²) in [5.41, 5.74) is 1.87. The minimum Gasteiger partial charge on any atom is -0.480 e. The van der Waals surface area contributed by atoms with Crippen molar-refractivity contribution in [2.45, 2.75) is 63.1 Å². The number of benzene rings is 1. The van der Waals surface area contributed by atoms with Crippen LogP contribution in [0.4, 0.5) is 14.6 Å². The van der Waals surface area contributed by atoms with Crippen molar-refractivity contribution in [3.05, 3.63) is 58.9 Å². The van der Waals surface area contributed by atoms with E-state index in [4.69, 9.17) is 9.47 Å². The van der Waals surface area contributed by atoms with Gasteiger partial charge in [0.1, 0.15) is 17.2 Å². The molecule has 3 aliphatic heterocycles. The minimum atomic E-state index is -0.421. The lowest BCUT2D eigenvalue weighted by Gasteiger charge is -2.53. The summed E-state index contributed by atoms with van der Waals surface area (Å²) in [5.74, 6) is 0.0107. The first kappa shape index (κ1) is 23.2. The van der Waals surface area contributed by atoms with E-state index < -0.39 is 11.6 Å². The van der Waals surface area contributed by atoms with E-state index in [0.717, 1.165) is 43.1 Å². The van der Waals surface area contributed by atoms with Crippen molar-refractivity contribution in [2.75, 3.05) is 18.5 Å². The van der Waals surface area contributed by atoms with Gasteiger partial charge in [0.25, 0.3) is 5.91 Å². The second kappa shape index (κ2) is 8.74. The molecule has 0 radical (unpaired) electrons. The Morgan fingerprint density at radius 1 is 1.14 bits per heavy atom. The molecule has 0 atom stereocenters. The first-order chi connectivity index (χ1) is 17.3. The third kappa shape index (κ3) is 4.20. The van der Waals surface area contributed by atoms with Crippen LogP contribution in [0.2, 0.25) is 0 Å². The molecular weight excluding hydrogens is 466 g/mol. The zero-order valence-corrected chi connectivity index (χ0v) is 20.1. The van der Waals surface area contributed by atoms with Crippen molar-refractivity contribution >= 4 is 22.6 Å². The van der Waals surface area contributed by atoms with Crippen molar-refractivity contribution in [2.24, 2.45) is 0 Å². The van der Waals surface area contributed by atoms with E-state index in [1.165, 1.54) is 6.07 Å². The number of hydrogen-bond acceptors (Lipinski definition) is 6. The third-order valence-corrected chi connectivity index (χ3v) is 7.91. The molecule has 0 spiro atoms. The first-order valence-electron chi connectivity index (χ1n) is 12.4. The van der Waals surface area contributed by atoms with Crippen LogP contribution in [0.1, 0.15) is 48.9 Å². The standard InChI is InChI=1S/C27H28F2N4O3/c1-16-10-19-18(21(29)13-30-24(19)20(28)11-16)4-5-27-8-6-26(7-9-27,15-36-27)31-12-17-2-3-22-25(32-17)33-23(34)14-35-22/h2-3,10-11,13,31H,4-9,12,14-15H2,1H3,(H,32,33,34). The number of aryl methyl sites for hydroxylation is 2. The fraction of sp³-hybridized carbons (Fsp3) is 0.444. The van der Waals surface area contributed by atoms with Gasteiger partial charge in [-0.3, -0.25) is 9.78 Å². The maximum absolute atomic E-state index is 14.8. The number of amides is 1. The Bertz CT molecular complexity index is 1340. The highest BCUT2D eigenvalue weighted by atomic mass is 19.1. The Morgan fingerprint density at radius 3 is 2.75 bits per heavy atom. The minimum absolute atomic E-state index is 0.00896. The van der Waals surface area contributed by atoms with Gasteiger partial charge < -0.3 is 20.1 Å². The van der Waals surface area contributed by atoms with Gasteiger partial charge in [0, 0.05) is 17.5 Å². The second-order valence-electron chi connectivity index (χ2n) is 10.3. The quantitative estimate of drug-likeness (QED) is 0.530. The summed E-state index contributed by atoms with van der Waals surface area (Å²) in [6, 6.07) is 6.96. The summed E-state index contributed by atoms with van der Waals surface area (Å²) in [6.07, 6.45) is 5.93. The maximum atomic E-state index is 14.8. The van der Waals surface area contributed by atoms with Crippen LogP contribution in [0.25, 0.3) is 10.9 Å². The van der Waals surface area contributed by atoms with Crippen LogP contribution in [-0.4, -0.2) is 40.2 Å². The fourth-order valence-electron chi connectivity index (χ4n) is 5.73. The molecule has 1 aromatic carbocycles. The number of carbonyl (C=O) groups excluding carboxylic acids is 1. The van der Waals surface area contributed by atoms with Gasteiger partial charge in [0.2, 0.25) is 0 Å². The highest BCUT2D eigenvalue weighted by Crippen LogP contribution is 2.46. The van der Waals surface area contributed by atoms with Gasteiger partial charge in [-0.25, -0.2) is 13.8 Å². The molecule has 3 fully saturated rings. The van der Waals surface area contributed by atoms with Crippen molar-refractivity contribution < 1.29 is 23.0 Å². The van der Waals surface area contributed by atoms with Gasteiger partial charge in [0.05, 0.1) is 24.1 Å². The zero-order chi connectivity index (χ0) is 24.9. The predicted octanol–water partition coefficient (Wildman–Crippen LogP) is 4.35. The van der Waals surface area contributed by atoms with Gasteiger partial charge in [0.15, 0.2) is 18.2 Å². The highest BCUT2D eigenvalue weighted by Gasteiger charge is 2.49. The Labute approximate surface area is 207 Å². The molecule has 1 amide bonds. The number of rotatable bonds is 6. The fourth-order valence-corrected chi connectivity index (χ4v) is 5.73. The van der Waals surface area contributed by atoms with E-state index in [1.54, 1.807) is 6.92 Å². The molecule has 2 saturated heterocycles. The molecule has 2 aromatic heterocycles. The average Bonchev–Trinajstić information content (AvgIpc) is 2.88. The van der Waals surface area contributed by atoms with E-state index in [-0.39, 0.29) is 29.2 Å². The van der Waals surface area contributed by atoms with Crippen molar-refractivity contribution in [1.82, 2.24) is 15.3 Å². The Kier molecular flexibility index (Phi) is 5.64. The van der Waals surface area contributed by atoms with Gasteiger partial charge in [-0.05, 0) is 80.8 Å². The van der Waals surface area contributed by atoms with E-state index in [2.05, 4.69) is 20.6 Å². The van der Waals surface area contributed by atoms with Gasteiger partial charge >= 0.3 is 0 Å². The topological polar surface area (TPSA) is 85.4 Å². The first-order valence-corrected chi connectivity index (χ1v) is 12.4. The van der Waals surface area contributed by atoms with Crippen molar-refractivity contribution in [3.8, 4) is 5.75 Å². The van der Waals surface area contributed by atoms with Crippen LogP contribution in [0.5, 0.6) is 5.75 Å². The predicted molar refractivity (Wildman–Crippen MR) is 130 cm³/mol. The van der Waals surface area contributed by atoms with Crippen LogP contribution in [0.15, 0.2) is 30.5 Å². The monoisotopic (exact) mass is 494 g/mol. The van der Waals surface area contributed by atoms with Crippen LogP contribution < -0.4 is 15.4 Å². The Balaban J connectivity index is 1.11. The SMILES string of the molecule is Cc1cc(F)c2ncc(F)c(CCC34CCC(NCc5ccc6c(n5)NC(=O)CO6)(CC3)CO4)c2c1. The van der Waals surface area contributed by atoms with Gasteiger partial charge in [-0.1, -0.05) is 0 Å². The molecule has 2 bridgehead atoms. The highest BCUT2D eigenvalue weighted by molar-refractivity contribution is 5.94. The molecular formula is C27H28F2N4O3. The largest absolute Gasteiger partial charge is 0.480 e.